The van der Waals surface area contributed by atoms with E-state index in [1.165, 1.54) is 0 Å². The zero-order valence-electron chi connectivity index (χ0n) is 14.4. The molecule has 28 heavy (non-hydrogen) atoms. The van der Waals surface area contributed by atoms with Crippen molar-refractivity contribution in [2.75, 3.05) is 12.1 Å². The van der Waals surface area contributed by atoms with E-state index in [0.29, 0.717) is 43.4 Å². The highest BCUT2D eigenvalue weighted by Crippen LogP contribution is 2.33. The number of ketones is 1. The number of hydrogen-bond acceptors (Lipinski definition) is 4. The van der Waals surface area contributed by atoms with E-state index in [4.69, 9.17) is 21.1 Å². The molecule has 0 bridgehead atoms. The molecule has 3 aromatic rings. The van der Waals surface area contributed by atoms with E-state index in [1.54, 1.807) is 60.7 Å². The predicted molar refractivity (Wildman–Crippen MR) is 110 cm³/mol. The SMILES string of the molecule is O=C(Nc1ccc(Br)cc1C(=O)c1ccccc1Cl)c1ccc2c(c1)OCO2. The molecular weight excluding hydrogens is 446 g/mol. The van der Waals surface area contributed by atoms with Crippen LogP contribution in [0.3, 0.4) is 0 Å². The van der Waals surface area contributed by atoms with Crippen LogP contribution >= 0.6 is 27.5 Å². The minimum Gasteiger partial charge on any atom is -0.454 e. The fourth-order valence-corrected chi connectivity index (χ4v) is 3.42. The molecule has 1 aliphatic heterocycles. The number of halogens is 2. The zero-order valence-corrected chi connectivity index (χ0v) is 16.7. The second kappa shape index (κ2) is 7.66. The van der Waals surface area contributed by atoms with E-state index in [0.717, 1.165) is 0 Å². The van der Waals surface area contributed by atoms with Crippen LogP contribution in [0.5, 0.6) is 11.5 Å². The van der Waals surface area contributed by atoms with Gasteiger partial charge in [0.05, 0.1) is 10.7 Å². The van der Waals surface area contributed by atoms with Gasteiger partial charge in [-0.15, -0.1) is 0 Å². The second-order valence-corrected chi connectivity index (χ2v) is 7.34. The van der Waals surface area contributed by atoms with Crippen LogP contribution in [0.25, 0.3) is 0 Å². The smallest absolute Gasteiger partial charge is 0.255 e. The first-order valence-corrected chi connectivity index (χ1v) is 9.50. The van der Waals surface area contributed by atoms with Gasteiger partial charge >= 0.3 is 0 Å². The molecule has 1 N–H and O–H groups in total. The lowest BCUT2D eigenvalue weighted by molar-refractivity contribution is 0.102. The number of carbonyl (C=O) groups excluding carboxylic acids is 2. The van der Waals surface area contributed by atoms with Crippen LogP contribution in [-0.4, -0.2) is 18.5 Å². The summed E-state index contributed by atoms with van der Waals surface area (Å²) < 4.78 is 11.3. The summed E-state index contributed by atoms with van der Waals surface area (Å²) in [6, 6.07) is 16.8. The Bertz CT molecular complexity index is 1100. The number of rotatable bonds is 4. The topological polar surface area (TPSA) is 64.6 Å². The van der Waals surface area contributed by atoms with Crippen molar-refractivity contribution in [2.24, 2.45) is 0 Å². The zero-order chi connectivity index (χ0) is 19.7. The number of ether oxygens (including phenoxy) is 2. The van der Waals surface area contributed by atoms with Gasteiger partial charge in [-0.25, -0.2) is 0 Å². The van der Waals surface area contributed by atoms with Crippen LogP contribution in [0.4, 0.5) is 5.69 Å². The molecule has 0 saturated carbocycles. The molecule has 4 rings (SSSR count). The van der Waals surface area contributed by atoms with Gasteiger partial charge in [0.15, 0.2) is 17.3 Å². The monoisotopic (exact) mass is 457 g/mol. The maximum absolute atomic E-state index is 13.0. The molecule has 0 unspecified atom stereocenters. The molecule has 0 radical (unpaired) electrons. The van der Waals surface area contributed by atoms with Gasteiger partial charge in [-0.2, -0.15) is 0 Å². The van der Waals surface area contributed by atoms with Gasteiger partial charge in [-0.1, -0.05) is 39.7 Å². The molecular formula is C21H13BrClNO4. The van der Waals surface area contributed by atoms with Crippen molar-refractivity contribution in [1.29, 1.82) is 0 Å². The summed E-state index contributed by atoms with van der Waals surface area (Å²) in [6.07, 6.45) is 0. The Morgan fingerprint density at radius 1 is 0.929 bits per heavy atom. The normalized spacial score (nSPS) is 11.9. The number of fused-ring (bicyclic) bond motifs is 1. The van der Waals surface area contributed by atoms with E-state index in [9.17, 15) is 9.59 Å². The predicted octanol–water partition coefficient (Wildman–Crippen LogP) is 5.31. The fraction of sp³-hybridized carbons (Fsp3) is 0.0476. The maximum Gasteiger partial charge on any atom is 0.255 e. The number of anilines is 1. The third-order valence-electron chi connectivity index (χ3n) is 4.23. The number of amides is 1. The average Bonchev–Trinajstić information content (AvgIpc) is 3.17. The highest BCUT2D eigenvalue weighted by Gasteiger charge is 2.20. The number of benzene rings is 3. The first kappa shape index (κ1) is 18.5. The van der Waals surface area contributed by atoms with Gasteiger partial charge in [0, 0.05) is 21.2 Å². The first-order chi connectivity index (χ1) is 13.5. The highest BCUT2D eigenvalue weighted by molar-refractivity contribution is 9.10. The van der Waals surface area contributed by atoms with Crippen molar-refractivity contribution in [3.8, 4) is 11.5 Å². The Balaban J connectivity index is 1.66. The van der Waals surface area contributed by atoms with Crippen LogP contribution < -0.4 is 14.8 Å². The molecule has 7 heteroatoms. The minimum atomic E-state index is -0.367. The van der Waals surface area contributed by atoms with Crippen molar-refractivity contribution in [1.82, 2.24) is 0 Å². The van der Waals surface area contributed by atoms with E-state index >= 15 is 0 Å². The summed E-state index contributed by atoms with van der Waals surface area (Å²) >= 11 is 9.54. The van der Waals surface area contributed by atoms with Crippen molar-refractivity contribution in [3.63, 3.8) is 0 Å². The molecule has 5 nitrogen and oxygen atoms in total. The third kappa shape index (κ3) is 3.61. The van der Waals surface area contributed by atoms with Crippen LogP contribution in [0.15, 0.2) is 65.1 Å². The average molecular weight is 459 g/mol. The second-order valence-electron chi connectivity index (χ2n) is 6.02. The van der Waals surface area contributed by atoms with Crippen LogP contribution in [-0.2, 0) is 0 Å². The third-order valence-corrected chi connectivity index (χ3v) is 5.05. The largest absolute Gasteiger partial charge is 0.454 e. The van der Waals surface area contributed by atoms with Gasteiger partial charge in [0.2, 0.25) is 6.79 Å². The standard InChI is InChI=1S/C21H13BrClNO4/c22-13-6-7-17(15(10-13)20(25)14-3-1-2-4-16(14)23)24-21(26)12-5-8-18-19(9-12)28-11-27-18/h1-10H,11H2,(H,24,26). The number of carbonyl (C=O) groups is 2. The lowest BCUT2D eigenvalue weighted by Crippen LogP contribution is -2.15. The van der Waals surface area contributed by atoms with Crippen molar-refractivity contribution < 1.29 is 19.1 Å². The number of hydrogen-bond donors (Lipinski definition) is 1. The van der Waals surface area contributed by atoms with Crippen LogP contribution in [0, 0.1) is 0 Å². The molecule has 0 aromatic heterocycles. The highest BCUT2D eigenvalue weighted by atomic mass is 79.9. The summed E-state index contributed by atoms with van der Waals surface area (Å²) in [6.45, 7) is 0.129. The summed E-state index contributed by atoms with van der Waals surface area (Å²) in [5, 5.41) is 3.14. The maximum atomic E-state index is 13.0. The Kier molecular flexibility index (Phi) is 5.07. The summed E-state index contributed by atoms with van der Waals surface area (Å²) in [4.78, 5) is 25.7. The van der Waals surface area contributed by atoms with Crippen LogP contribution in [0.1, 0.15) is 26.3 Å². The van der Waals surface area contributed by atoms with E-state index in [1.807, 2.05) is 0 Å². The lowest BCUT2D eigenvalue weighted by atomic mass is 10.0. The Labute approximate surface area is 174 Å². The molecule has 1 amide bonds. The van der Waals surface area contributed by atoms with Crippen LogP contribution in [0.2, 0.25) is 5.02 Å². The summed E-state index contributed by atoms with van der Waals surface area (Å²) in [5.41, 5.74) is 1.47. The van der Waals surface area contributed by atoms with Gasteiger partial charge in [0.1, 0.15) is 0 Å². The van der Waals surface area contributed by atoms with Gasteiger partial charge in [-0.05, 0) is 48.5 Å². The molecule has 1 aliphatic rings. The van der Waals surface area contributed by atoms with E-state index < -0.39 is 0 Å². The first-order valence-electron chi connectivity index (χ1n) is 8.33. The van der Waals surface area contributed by atoms with Crippen molar-refractivity contribution in [2.45, 2.75) is 0 Å². The molecule has 140 valence electrons. The van der Waals surface area contributed by atoms with Crippen molar-refractivity contribution in [3.05, 3.63) is 86.8 Å². The number of nitrogens with one attached hydrogen (secondary N) is 1. The summed E-state index contributed by atoms with van der Waals surface area (Å²) in [7, 11) is 0. The molecule has 0 atom stereocenters. The molecule has 3 aromatic carbocycles. The molecule has 0 spiro atoms. The molecule has 0 aliphatic carbocycles. The summed E-state index contributed by atoms with van der Waals surface area (Å²) in [5.74, 6) is 0.451. The molecule has 1 heterocycles. The quantitative estimate of drug-likeness (QED) is 0.538. The van der Waals surface area contributed by atoms with Gasteiger partial charge in [0.25, 0.3) is 5.91 Å². The van der Waals surface area contributed by atoms with Crippen molar-refractivity contribution >= 4 is 44.9 Å². The van der Waals surface area contributed by atoms with Gasteiger partial charge < -0.3 is 14.8 Å². The Morgan fingerprint density at radius 3 is 2.54 bits per heavy atom. The van der Waals surface area contributed by atoms with E-state index in [2.05, 4.69) is 21.2 Å². The Hall–Kier alpha value is -2.83. The minimum absolute atomic E-state index is 0.129. The molecule has 0 fully saturated rings. The fourth-order valence-electron chi connectivity index (χ4n) is 2.84. The lowest BCUT2D eigenvalue weighted by Gasteiger charge is -2.12. The van der Waals surface area contributed by atoms with E-state index in [-0.39, 0.29) is 18.5 Å². The molecule has 0 saturated heterocycles. The van der Waals surface area contributed by atoms with Gasteiger partial charge in [-0.3, -0.25) is 9.59 Å². The Morgan fingerprint density at radius 2 is 1.71 bits per heavy atom.